The molecule has 0 radical (unpaired) electrons. The molecule has 1 aromatic carbocycles. The number of β-amino-alcohol motifs (C(OH)–C–C–N with tert-alkyl or cyclic N) is 1. The van der Waals surface area contributed by atoms with Crippen LogP contribution < -0.4 is 5.32 Å². The van der Waals surface area contributed by atoms with Gasteiger partial charge in [0, 0.05) is 19.0 Å². The number of hydrogen-bond acceptors (Lipinski definition) is 5. The molecule has 0 aromatic heterocycles. The van der Waals surface area contributed by atoms with Crippen LogP contribution in [0, 0.1) is 23.7 Å². The maximum Gasteiger partial charge on any atom is 0.310 e. The van der Waals surface area contributed by atoms with Crippen molar-refractivity contribution in [2.24, 2.45) is 23.7 Å². The Morgan fingerprint density at radius 1 is 1.21 bits per heavy atom. The number of aliphatic hydroxyl groups is 1. The first-order valence-corrected chi connectivity index (χ1v) is 10.1. The fourth-order valence-electron chi connectivity index (χ4n) is 4.43. The van der Waals surface area contributed by atoms with Crippen LogP contribution in [0.3, 0.4) is 0 Å². The third kappa shape index (κ3) is 4.19. The summed E-state index contributed by atoms with van der Waals surface area (Å²) in [4.78, 5) is 40.2. The van der Waals surface area contributed by atoms with Gasteiger partial charge in [0.15, 0.2) is 0 Å². The Kier molecular flexibility index (Phi) is 6.69. The molecule has 0 saturated carbocycles. The van der Waals surface area contributed by atoms with E-state index in [2.05, 4.69) is 5.32 Å². The Hall–Kier alpha value is -2.67. The molecule has 1 aliphatic carbocycles. The van der Waals surface area contributed by atoms with Gasteiger partial charge < -0.3 is 20.1 Å². The van der Waals surface area contributed by atoms with Crippen LogP contribution >= 0.6 is 0 Å². The lowest BCUT2D eigenvalue weighted by Crippen LogP contribution is -2.47. The van der Waals surface area contributed by atoms with E-state index in [-0.39, 0.29) is 37.5 Å². The number of carbonyl (C=O) groups excluding carboxylic acids is 3. The molecule has 7 nitrogen and oxygen atoms in total. The highest BCUT2D eigenvalue weighted by Crippen LogP contribution is 2.44. The standard InChI is InChI=1S/C22H28N2O5/c1-3-29-22(28)17-14(2)9-10-16-18(17)21(27)24(11-12-25)19(16)20(26)23-13-15-7-5-4-6-8-15/h4-10,14,16-19,25H,3,11-13H2,1-2H3,(H,23,26)/t14-,16+,17-,18-,19+/m1/s1. The number of nitrogens with zero attached hydrogens (tertiary/aromatic N) is 1. The lowest BCUT2D eigenvalue weighted by molar-refractivity contribution is -0.155. The second-order valence-corrected chi connectivity index (χ2v) is 7.53. The van der Waals surface area contributed by atoms with Crippen LogP contribution in [0.1, 0.15) is 19.4 Å². The second kappa shape index (κ2) is 9.22. The highest BCUT2D eigenvalue weighted by molar-refractivity contribution is 5.96. The number of aliphatic hydroxyl groups excluding tert-OH is 1. The molecule has 1 aromatic rings. The van der Waals surface area contributed by atoms with Crippen LogP contribution in [-0.2, 0) is 25.7 Å². The summed E-state index contributed by atoms with van der Waals surface area (Å²) < 4.78 is 5.21. The van der Waals surface area contributed by atoms with E-state index in [1.54, 1.807) is 6.92 Å². The van der Waals surface area contributed by atoms with Gasteiger partial charge in [0.2, 0.25) is 11.8 Å². The van der Waals surface area contributed by atoms with Crippen molar-refractivity contribution in [2.45, 2.75) is 26.4 Å². The van der Waals surface area contributed by atoms with Gasteiger partial charge in [-0.25, -0.2) is 0 Å². The van der Waals surface area contributed by atoms with Gasteiger partial charge in [0.1, 0.15) is 6.04 Å². The number of benzene rings is 1. The molecule has 0 spiro atoms. The Morgan fingerprint density at radius 2 is 1.93 bits per heavy atom. The maximum atomic E-state index is 13.2. The summed E-state index contributed by atoms with van der Waals surface area (Å²) in [5.74, 6) is -2.87. The zero-order valence-corrected chi connectivity index (χ0v) is 16.8. The van der Waals surface area contributed by atoms with E-state index >= 15 is 0 Å². The van der Waals surface area contributed by atoms with Crippen LogP contribution in [0.15, 0.2) is 42.5 Å². The predicted octanol–water partition coefficient (Wildman–Crippen LogP) is 1.12. The fourth-order valence-corrected chi connectivity index (χ4v) is 4.43. The molecule has 0 unspecified atom stereocenters. The highest BCUT2D eigenvalue weighted by atomic mass is 16.5. The third-order valence-corrected chi connectivity index (χ3v) is 5.75. The molecule has 1 fully saturated rings. The molecule has 5 atom stereocenters. The van der Waals surface area contributed by atoms with Crippen molar-refractivity contribution in [3.05, 3.63) is 48.0 Å². The highest BCUT2D eigenvalue weighted by Gasteiger charge is 2.56. The van der Waals surface area contributed by atoms with Crippen LogP contribution in [0.4, 0.5) is 0 Å². The molecule has 29 heavy (non-hydrogen) atoms. The molecular weight excluding hydrogens is 372 g/mol. The SMILES string of the molecule is CCOC(=O)[C@H]1[C@@H]2C(=O)N(CCO)[C@H](C(=O)NCc3ccccc3)[C@H]2C=C[C@H]1C. The molecule has 3 rings (SSSR count). The van der Waals surface area contributed by atoms with Crippen LogP contribution in [0.25, 0.3) is 0 Å². The minimum atomic E-state index is -0.760. The Bertz CT molecular complexity index is 779. The molecule has 2 aliphatic rings. The summed E-state index contributed by atoms with van der Waals surface area (Å²) in [5.41, 5.74) is 0.952. The minimum absolute atomic E-state index is 0.0486. The van der Waals surface area contributed by atoms with Crippen molar-refractivity contribution >= 4 is 17.8 Å². The number of hydrogen-bond donors (Lipinski definition) is 2. The topological polar surface area (TPSA) is 95.9 Å². The summed E-state index contributed by atoms with van der Waals surface area (Å²) in [6, 6.07) is 8.75. The van der Waals surface area contributed by atoms with Gasteiger partial charge in [0.25, 0.3) is 0 Å². The molecule has 7 heteroatoms. The molecule has 156 valence electrons. The van der Waals surface area contributed by atoms with E-state index in [0.717, 1.165) is 5.56 Å². The van der Waals surface area contributed by atoms with Crippen LogP contribution in [0.2, 0.25) is 0 Å². The first-order valence-electron chi connectivity index (χ1n) is 10.1. The van der Waals surface area contributed by atoms with Gasteiger partial charge >= 0.3 is 5.97 Å². The summed E-state index contributed by atoms with van der Waals surface area (Å²) >= 11 is 0. The average Bonchev–Trinajstić information content (AvgIpc) is 2.99. The van der Waals surface area contributed by atoms with Gasteiger partial charge in [0.05, 0.1) is 25.0 Å². The number of fused-ring (bicyclic) bond motifs is 1. The molecule has 1 aliphatic heterocycles. The normalized spacial score (nSPS) is 28.2. The van der Waals surface area contributed by atoms with E-state index < -0.39 is 29.8 Å². The number of ether oxygens (including phenoxy) is 1. The van der Waals surface area contributed by atoms with Crippen LogP contribution in [-0.4, -0.2) is 53.6 Å². The van der Waals surface area contributed by atoms with Crippen molar-refractivity contribution in [1.29, 1.82) is 0 Å². The summed E-state index contributed by atoms with van der Waals surface area (Å²) in [5, 5.41) is 12.4. The zero-order chi connectivity index (χ0) is 21.0. The fraction of sp³-hybridized carbons (Fsp3) is 0.500. The summed E-state index contributed by atoms with van der Waals surface area (Å²) in [7, 11) is 0. The van der Waals surface area contributed by atoms with Crippen molar-refractivity contribution in [3.8, 4) is 0 Å². The number of esters is 1. The largest absolute Gasteiger partial charge is 0.466 e. The van der Waals surface area contributed by atoms with E-state index in [9.17, 15) is 19.5 Å². The first kappa shape index (κ1) is 21.0. The van der Waals surface area contributed by atoms with Crippen molar-refractivity contribution < 1.29 is 24.2 Å². The smallest absolute Gasteiger partial charge is 0.310 e. The van der Waals surface area contributed by atoms with Gasteiger partial charge in [-0.2, -0.15) is 0 Å². The monoisotopic (exact) mass is 400 g/mol. The van der Waals surface area contributed by atoms with Crippen molar-refractivity contribution in [2.75, 3.05) is 19.8 Å². The molecule has 1 saturated heterocycles. The Morgan fingerprint density at radius 3 is 2.59 bits per heavy atom. The van der Waals surface area contributed by atoms with E-state index in [1.165, 1.54) is 4.90 Å². The lowest BCUT2D eigenvalue weighted by Gasteiger charge is -2.32. The van der Waals surface area contributed by atoms with Crippen molar-refractivity contribution in [3.63, 3.8) is 0 Å². The quantitative estimate of drug-likeness (QED) is 0.528. The molecule has 2 N–H and O–H groups in total. The van der Waals surface area contributed by atoms with Gasteiger partial charge in [-0.1, -0.05) is 49.4 Å². The maximum absolute atomic E-state index is 13.2. The summed E-state index contributed by atoms with van der Waals surface area (Å²) in [6.45, 7) is 3.98. The number of rotatable bonds is 7. The van der Waals surface area contributed by atoms with E-state index in [0.29, 0.717) is 6.54 Å². The number of likely N-dealkylation sites (tertiary alicyclic amines) is 1. The van der Waals surface area contributed by atoms with Gasteiger partial charge in [-0.15, -0.1) is 0 Å². The third-order valence-electron chi connectivity index (χ3n) is 5.75. The van der Waals surface area contributed by atoms with E-state index in [4.69, 9.17) is 4.74 Å². The number of allylic oxidation sites excluding steroid dienone is 1. The van der Waals surface area contributed by atoms with Gasteiger partial charge in [-0.3, -0.25) is 14.4 Å². The van der Waals surface area contributed by atoms with Crippen molar-refractivity contribution in [1.82, 2.24) is 10.2 Å². The first-order chi connectivity index (χ1) is 14.0. The molecule has 2 amide bonds. The minimum Gasteiger partial charge on any atom is -0.466 e. The number of amides is 2. The molecule has 0 bridgehead atoms. The average molecular weight is 400 g/mol. The van der Waals surface area contributed by atoms with Gasteiger partial charge in [-0.05, 0) is 18.4 Å². The number of nitrogens with one attached hydrogen (secondary N) is 1. The summed E-state index contributed by atoms with van der Waals surface area (Å²) in [6.07, 6.45) is 3.75. The van der Waals surface area contributed by atoms with Crippen LogP contribution in [0.5, 0.6) is 0 Å². The zero-order valence-electron chi connectivity index (χ0n) is 16.8. The Balaban J connectivity index is 1.85. The van der Waals surface area contributed by atoms with E-state index in [1.807, 2.05) is 49.4 Å². The molecular formula is C22H28N2O5. The lowest BCUT2D eigenvalue weighted by atomic mass is 9.70. The Labute approximate surface area is 170 Å². The molecule has 1 heterocycles. The number of carbonyl (C=O) groups is 3. The second-order valence-electron chi connectivity index (χ2n) is 7.53. The predicted molar refractivity (Wildman–Crippen MR) is 106 cm³/mol.